The third-order valence-corrected chi connectivity index (χ3v) is 6.01. The Morgan fingerprint density at radius 3 is 2.35 bits per heavy atom. The molecule has 2 aliphatic heterocycles. The van der Waals surface area contributed by atoms with Crippen molar-refractivity contribution in [1.29, 1.82) is 0 Å². The number of carbonyl (C=O) groups excluding carboxylic acids is 2. The van der Waals surface area contributed by atoms with Gasteiger partial charge in [0.25, 0.3) is 5.91 Å². The summed E-state index contributed by atoms with van der Waals surface area (Å²) in [7, 11) is 0. The van der Waals surface area contributed by atoms with Crippen LogP contribution in [0.25, 0.3) is 0 Å². The molecular formula is C22H21F4N3O2. The van der Waals surface area contributed by atoms with E-state index in [0.717, 1.165) is 6.07 Å². The van der Waals surface area contributed by atoms with Crippen molar-refractivity contribution >= 4 is 11.8 Å². The van der Waals surface area contributed by atoms with E-state index in [1.807, 2.05) is 0 Å². The van der Waals surface area contributed by atoms with Gasteiger partial charge in [0.1, 0.15) is 5.82 Å². The second kappa shape index (κ2) is 7.96. The van der Waals surface area contributed by atoms with Gasteiger partial charge in [-0.25, -0.2) is 4.39 Å². The summed E-state index contributed by atoms with van der Waals surface area (Å²) in [6.45, 7) is 0.542. The average Bonchev–Trinajstić information content (AvgIpc) is 3.04. The molecule has 1 spiro atoms. The zero-order chi connectivity index (χ0) is 22.2. The third-order valence-electron chi connectivity index (χ3n) is 6.01. The van der Waals surface area contributed by atoms with Crippen molar-refractivity contribution in [1.82, 2.24) is 15.1 Å². The van der Waals surface area contributed by atoms with Crippen LogP contribution < -0.4 is 5.32 Å². The van der Waals surface area contributed by atoms with E-state index in [0.29, 0.717) is 18.4 Å². The highest BCUT2D eigenvalue weighted by Gasteiger charge is 2.48. The summed E-state index contributed by atoms with van der Waals surface area (Å²) >= 11 is 0. The Morgan fingerprint density at radius 1 is 1.03 bits per heavy atom. The van der Waals surface area contributed by atoms with E-state index in [4.69, 9.17) is 0 Å². The monoisotopic (exact) mass is 435 g/mol. The second-order valence-corrected chi connectivity index (χ2v) is 7.79. The van der Waals surface area contributed by atoms with Gasteiger partial charge in [-0.05, 0) is 18.2 Å². The summed E-state index contributed by atoms with van der Waals surface area (Å²) in [6.07, 6.45) is -3.94. The Labute approximate surface area is 176 Å². The molecule has 2 aromatic carbocycles. The van der Waals surface area contributed by atoms with Gasteiger partial charge in [-0.3, -0.25) is 14.9 Å². The summed E-state index contributed by atoms with van der Waals surface area (Å²) in [5, 5.41) is 3.18. The van der Waals surface area contributed by atoms with Gasteiger partial charge in [0.2, 0.25) is 5.91 Å². The van der Waals surface area contributed by atoms with Crippen molar-refractivity contribution in [3.8, 4) is 0 Å². The first kappa shape index (κ1) is 21.3. The number of nitrogens with zero attached hydrogens (tertiary/aromatic N) is 2. The van der Waals surface area contributed by atoms with E-state index < -0.39 is 29.1 Å². The van der Waals surface area contributed by atoms with Crippen LogP contribution in [0.3, 0.4) is 0 Å². The molecule has 0 aromatic heterocycles. The Kier molecular flexibility index (Phi) is 5.47. The molecule has 5 nitrogen and oxygen atoms in total. The second-order valence-electron chi connectivity index (χ2n) is 7.79. The maximum atomic E-state index is 14.1. The molecule has 2 aliphatic rings. The van der Waals surface area contributed by atoms with E-state index in [9.17, 15) is 27.2 Å². The largest absolute Gasteiger partial charge is 0.417 e. The molecule has 2 fully saturated rings. The molecule has 2 saturated heterocycles. The lowest BCUT2D eigenvalue weighted by atomic mass is 9.94. The van der Waals surface area contributed by atoms with Crippen LogP contribution in [0.15, 0.2) is 48.5 Å². The molecule has 0 radical (unpaired) electrons. The Balaban J connectivity index is 1.51. The fourth-order valence-corrected chi connectivity index (χ4v) is 4.32. The molecule has 4 rings (SSSR count). The Bertz CT molecular complexity index is 1000. The van der Waals surface area contributed by atoms with Gasteiger partial charge >= 0.3 is 6.18 Å². The number of alkyl halides is 3. The first-order valence-corrected chi connectivity index (χ1v) is 9.96. The molecule has 0 bridgehead atoms. The zero-order valence-corrected chi connectivity index (χ0v) is 16.6. The predicted molar refractivity (Wildman–Crippen MR) is 104 cm³/mol. The maximum absolute atomic E-state index is 14.1. The Morgan fingerprint density at radius 2 is 1.68 bits per heavy atom. The highest BCUT2D eigenvalue weighted by molar-refractivity contribution is 5.96. The van der Waals surface area contributed by atoms with Crippen molar-refractivity contribution in [2.45, 2.75) is 31.2 Å². The lowest BCUT2D eigenvalue weighted by Gasteiger charge is -2.44. The molecule has 0 atom stereocenters. The molecule has 0 saturated carbocycles. The van der Waals surface area contributed by atoms with E-state index in [1.54, 1.807) is 23.1 Å². The highest BCUT2D eigenvalue weighted by Crippen LogP contribution is 2.35. The van der Waals surface area contributed by atoms with Crippen molar-refractivity contribution in [2.75, 3.05) is 19.6 Å². The minimum atomic E-state index is -4.63. The zero-order valence-electron chi connectivity index (χ0n) is 16.6. The van der Waals surface area contributed by atoms with Gasteiger partial charge in [-0.15, -0.1) is 0 Å². The van der Waals surface area contributed by atoms with Crippen LogP contribution >= 0.6 is 0 Å². The van der Waals surface area contributed by atoms with Gasteiger partial charge < -0.3 is 9.80 Å². The standard InChI is InChI=1S/C22H21F4N3O2/c23-18-8-4-1-5-15(18)14-29-19(30)13-27-21(29)9-11-28(12-10-21)20(31)16-6-2-3-7-17(16)22(24,25)26/h1-8,27H,9-14H2. The van der Waals surface area contributed by atoms with Crippen LogP contribution in [-0.4, -0.2) is 46.9 Å². The number of benzene rings is 2. The van der Waals surface area contributed by atoms with E-state index in [1.165, 1.54) is 29.2 Å². The summed E-state index contributed by atoms with van der Waals surface area (Å²) in [5.41, 5.74) is -1.71. The number of hydrogen-bond donors (Lipinski definition) is 1. The number of hydrogen-bond acceptors (Lipinski definition) is 3. The van der Waals surface area contributed by atoms with E-state index >= 15 is 0 Å². The molecule has 31 heavy (non-hydrogen) atoms. The number of nitrogens with one attached hydrogen (secondary N) is 1. The van der Waals surface area contributed by atoms with Crippen LogP contribution in [0.4, 0.5) is 17.6 Å². The lowest BCUT2D eigenvalue weighted by Crippen LogP contribution is -2.59. The normalized spacial score (nSPS) is 18.6. The molecule has 2 heterocycles. The first-order valence-electron chi connectivity index (χ1n) is 9.96. The van der Waals surface area contributed by atoms with Crippen molar-refractivity contribution in [3.63, 3.8) is 0 Å². The minimum absolute atomic E-state index is 0.0867. The van der Waals surface area contributed by atoms with Gasteiger partial charge in [0.05, 0.1) is 29.9 Å². The fourth-order valence-electron chi connectivity index (χ4n) is 4.32. The summed E-state index contributed by atoms with van der Waals surface area (Å²) in [6, 6.07) is 10.9. The maximum Gasteiger partial charge on any atom is 0.417 e. The molecule has 2 aromatic rings. The van der Waals surface area contributed by atoms with E-state index in [-0.39, 0.29) is 37.6 Å². The van der Waals surface area contributed by atoms with Gasteiger partial charge in [0.15, 0.2) is 0 Å². The summed E-state index contributed by atoms with van der Waals surface area (Å²) in [4.78, 5) is 28.3. The molecular weight excluding hydrogens is 414 g/mol. The minimum Gasteiger partial charge on any atom is -0.338 e. The number of halogens is 4. The molecule has 164 valence electrons. The summed E-state index contributed by atoms with van der Waals surface area (Å²) < 4.78 is 54.0. The van der Waals surface area contributed by atoms with Crippen molar-refractivity contribution < 1.29 is 27.2 Å². The van der Waals surface area contributed by atoms with Gasteiger partial charge in [-0.2, -0.15) is 13.2 Å². The SMILES string of the molecule is O=C(c1ccccc1C(F)(F)F)N1CCC2(CC1)NCC(=O)N2Cc1ccccc1F. The van der Waals surface area contributed by atoms with Crippen molar-refractivity contribution in [2.24, 2.45) is 0 Å². The van der Waals surface area contributed by atoms with Gasteiger partial charge in [0, 0.05) is 31.5 Å². The molecule has 1 N–H and O–H groups in total. The average molecular weight is 435 g/mol. The number of piperidine rings is 1. The van der Waals surface area contributed by atoms with Crippen LogP contribution in [0.1, 0.15) is 34.3 Å². The Hall–Kier alpha value is -2.94. The van der Waals surface area contributed by atoms with Gasteiger partial charge in [-0.1, -0.05) is 30.3 Å². The van der Waals surface area contributed by atoms with Crippen molar-refractivity contribution in [3.05, 3.63) is 71.0 Å². The summed E-state index contributed by atoms with van der Waals surface area (Å²) in [5.74, 6) is -1.27. The highest BCUT2D eigenvalue weighted by atomic mass is 19.4. The predicted octanol–water partition coefficient (Wildman–Crippen LogP) is 3.41. The topological polar surface area (TPSA) is 52.7 Å². The van der Waals surface area contributed by atoms with Crippen LogP contribution in [-0.2, 0) is 17.5 Å². The number of likely N-dealkylation sites (tertiary alicyclic amines) is 1. The smallest absolute Gasteiger partial charge is 0.338 e. The van der Waals surface area contributed by atoms with Crippen LogP contribution in [0.2, 0.25) is 0 Å². The molecule has 0 aliphatic carbocycles. The fraction of sp³-hybridized carbons (Fsp3) is 0.364. The molecule has 0 unspecified atom stereocenters. The number of amides is 2. The quantitative estimate of drug-likeness (QED) is 0.752. The van der Waals surface area contributed by atoms with E-state index in [2.05, 4.69) is 5.32 Å². The number of carbonyl (C=O) groups is 2. The molecule has 2 amide bonds. The van der Waals surface area contributed by atoms with Crippen LogP contribution in [0, 0.1) is 5.82 Å². The lowest BCUT2D eigenvalue weighted by molar-refractivity contribution is -0.138. The first-order chi connectivity index (χ1) is 14.7. The molecule has 9 heteroatoms. The third kappa shape index (κ3) is 4.01. The number of rotatable bonds is 3. The van der Waals surface area contributed by atoms with Crippen LogP contribution in [0.5, 0.6) is 0 Å².